The molecule has 2 heterocycles. The minimum atomic E-state index is 0.00327. The number of furan rings is 1. The number of rotatable bonds is 6. The van der Waals surface area contributed by atoms with Crippen LogP contribution in [0.3, 0.4) is 0 Å². The number of nitrogens with one attached hydrogen (secondary N) is 1. The van der Waals surface area contributed by atoms with Crippen molar-refractivity contribution < 1.29 is 9.21 Å². The summed E-state index contributed by atoms with van der Waals surface area (Å²) in [6.07, 6.45) is 13.0. The van der Waals surface area contributed by atoms with Crippen LogP contribution in [0, 0.1) is 17.8 Å². The maximum absolute atomic E-state index is 13.0. The fourth-order valence-electron chi connectivity index (χ4n) is 4.98. The molecule has 6 atom stereocenters. The van der Waals surface area contributed by atoms with Gasteiger partial charge in [-0.2, -0.15) is 0 Å². The van der Waals surface area contributed by atoms with Gasteiger partial charge in [-0.25, -0.2) is 4.98 Å². The fraction of sp³-hybridized carbons (Fsp3) is 0.636. The summed E-state index contributed by atoms with van der Waals surface area (Å²) in [6, 6.07) is 3.96. The number of amides is 1. The molecular weight excluding hydrogens is 409 g/mol. The van der Waals surface area contributed by atoms with Gasteiger partial charge in [-0.1, -0.05) is 0 Å². The number of carbonyl (C=O) groups is 1. The van der Waals surface area contributed by atoms with E-state index >= 15 is 0 Å². The summed E-state index contributed by atoms with van der Waals surface area (Å²) in [5.74, 6) is 2.27. The lowest BCUT2D eigenvalue weighted by Gasteiger charge is -2.34. The van der Waals surface area contributed by atoms with E-state index in [0.717, 1.165) is 50.8 Å². The van der Waals surface area contributed by atoms with Crippen molar-refractivity contribution in [1.82, 2.24) is 14.9 Å². The molecule has 2 aliphatic carbocycles. The first kappa shape index (κ1) is 20.8. The third-order valence-corrected chi connectivity index (χ3v) is 7.65. The molecule has 0 aliphatic heterocycles. The average Bonchev–Trinajstić information content (AvgIpc) is 3.42. The van der Waals surface area contributed by atoms with E-state index in [1.165, 1.54) is 0 Å². The first-order valence-corrected chi connectivity index (χ1v) is 11.5. The van der Waals surface area contributed by atoms with Crippen molar-refractivity contribution in [3.8, 4) is 0 Å². The Balaban J connectivity index is 1.37. The Kier molecular flexibility index (Phi) is 6.86. The van der Waals surface area contributed by atoms with Crippen LogP contribution in [0.15, 0.2) is 41.5 Å². The van der Waals surface area contributed by atoms with E-state index in [1.807, 2.05) is 24.7 Å². The number of carbonyl (C=O) groups excluding carboxylic acids is 1. The van der Waals surface area contributed by atoms with Gasteiger partial charge in [0.25, 0.3) is 0 Å². The number of halogens is 2. The molecule has 29 heavy (non-hydrogen) atoms. The maximum Gasteiger partial charge on any atom is 0.223 e. The van der Waals surface area contributed by atoms with Gasteiger partial charge in [-0.3, -0.25) is 4.79 Å². The van der Waals surface area contributed by atoms with Crippen molar-refractivity contribution in [2.24, 2.45) is 17.8 Å². The lowest BCUT2D eigenvalue weighted by Crippen LogP contribution is -2.40. The van der Waals surface area contributed by atoms with Crippen LogP contribution in [0.2, 0.25) is 0 Å². The van der Waals surface area contributed by atoms with Gasteiger partial charge >= 0.3 is 0 Å². The van der Waals surface area contributed by atoms with Gasteiger partial charge < -0.3 is 14.3 Å². The Hall–Kier alpha value is -1.46. The molecule has 0 aromatic carbocycles. The highest BCUT2D eigenvalue weighted by molar-refractivity contribution is 6.30. The number of aromatic nitrogens is 2. The second-order valence-corrected chi connectivity index (χ2v) is 9.82. The normalized spacial score (nSPS) is 32.8. The smallest absolute Gasteiger partial charge is 0.223 e. The second kappa shape index (κ2) is 9.57. The number of alkyl halides is 2. The molecule has 0 bridgehead atoms. The highest BCUT2D eigenvalue weighted by Crippen LogP contribution is 2.40. The Morgan fingerprint density at radius 2 is 2.07 bits per heavy atom. The van der Waals surface area contributed by atoms with E-state index in [9.17, 15) is 4.79 Å². The third-order valence-electron chi connectivity index (χ3n) is 6.52. The zero-order chi connectivity index (χ0) is 20.2. The van der Waals surface area contributed by atoms with Gasteiger partial charge in [0.15, 0.2) is 0 Å². The van der Waals surface area contributed by atoms with Crippen LogP contribution in [0.5, 0.6) is 0 Å². The first-order valence-electron chi connectivity index (χ1n) is 10.6. The number of nitrogens with zero attached hydrogens (tertiary/aromatic N) is 2. The minimum absolute atomic E-state index is 0.00327. The summed E-state index contributed by atoms with van der Waals surface area (Å²) in [5, 5.41) is 3.27. The topological polar surface area (TPSA) is 60.1 Å². The van der Waals surface area contributed by atoms with Crippen LogP contribution in [0.25, 0.3) is 0 Å². The van der Waals surface area contributed by atoms with Crippen LogP contribution in [0.1, 0.15) is 50.2 Å². The molecule has 0 saturated heterocycles. The lowest BCUT2D eigenvalue weighted by molar-refractivity contribution is -0.127. The Labute approximate surface area is 182 Å². The van der Waals surface area contributed by atoms with E-state index in [4.69, 9.17) is 27.6 Å². The number of hydrogen-bond acceptors (Lipinski definition) is 3. The van der Waals surface area contributed by atoms with Crippen molar-refractivity contribution >= 4 is 29.1 Å². The van der Waals surface area contributed by atoms with Gasteiger partial charge in [0.1, 0.15) is 5.76 Å². The van der Waals surface area contributed by atoms with Crippen LogP contribution >= 0.6 is 23.2 Å². The van der Waals surface area contributed by atoms with Gasteiger partial charge in [0, 0.05) is 42.7 Å². The molecule has 2 aromatic rings. The Morgan fingerprint density at radius 3 is 2.79 bits per heavy atom. The zero-order valence-electron chi connectivity index (χ0n) is 16.6. The predicted octanol–water partition coefficient (Wildman–Crippen LogP) is 4.81. The molecule has 4 rings (SSSR count). The maximum atomic E-state index is 13.0. The molecule has 1 amide bonds. The Bertz CT molecular complexity index is 765. The first-order chi connectivity index (χ1) is 14.1. The van der Waals surface area contributed by atoms with Gasteiger partial charge in [-0.05, 0) is 62.5 Å². The van der Waals surface area contributed by atoms with Gasteiger partial charge in [-0.15, -0.1) is 23.2 Å². The molecule has 0 spiro atoms. The molecule has 1 N–H and O–H groups in total. The predicted molar refractivity (Wildman–Crippen MR) is 114 cm³/mol. The molecule has 2 saturated carbocycles. The standard InChI is InChI=1S/C22H29Cl2N3O2/c23-19-4-3-15(10-20(19)24)12-26-22(28)18-9-16(13-27-6-5-25-14-27)8-17(11-18)21-2-1-7-29-21/h1-2,5-7,14-20H,3-4,8-13H2,(H,26,28). The van der Waals surface area contributed by atoms with Gasteiger partial charge in [0.05, 0.1) is 18.0 Å². The van der Waals surface area contributed by atoms with Crippen LogP contribution in [-0.2, 0) is 11.3 Å². The van der Waals surface area contributed by atoms with E-state index in [2.05, 4.69) is 14.9 Å². The molecule has 6 unspecified atom stereocenters. The third kappa shape index (κ3) is 5.37. The van der Waals surface area contributed by atoms with Gasteiger partial charge in [0.2, 0.25) is 5.91 Å². The minimum Gasteiger partial charge on any atom is -0.469 e. The van der Waals surface area contributed by atoms with Crippen molar-refractivity contribution in [2.75, 3.05) is 6.54 Å². The zero-order valence-corrected chi connectivity index (χ0v) is 18.1. The summed E-state index contributed by atoms with van der Waals surface area (Å²) in [7, 11) is 0. The number of imidazole rings is 1. The summed E-state index contributed by atoms with van der Waals surface area (Å²) in [6.45, 7) is 1.58. The second-order valence-electron chi connectivity index (χ2n) is 8.70. The van der Waals surface area contributed by atoms with E-state index < -0.39 is 0 Å². The Morgan fingerprint density at radius 1 is 1.17 bits per heavy atom. The quantitative estimate of drug-likeness (QED) is 0.659. The van der Waals surface area contributed by atoms with E-state index in [1.54, 1.807) is 12.5 Å². The largest absolute Gasteiger partial charge is 0.469 e. The molecule has 158 valence electrons. The summed E-state index contributed by atoms with van der Waals surface area (Å²) in [5.41, 5.74) is 0. The lowest BCUT2D eigenvalue weighted by atomic mass is 9.73. The summed E-state index contributed by atoms with van der Waals surface area (Å²) in [4.78, 5) is 17.2. The molecular formula is C22H29Cl2N3O2. The van der Waals surface area contributed by atoms with E-state index in [-0.39, 0.29) is 28.5 Å². The average molecular weight is 438 g/mol. The van der Waals surface area contributed by atoms with E-state index in [0.29, 0.717) is 18.4 Å². The molecule has 2 aliphatic rings. The van der Waals surface area contributed by atoms with Crippen molar-refractivity contribution in [1.29, 1.82) is 0 Å². The molecule has 2 fully saturated rings. The highest BCUT2D eigenvalue weighted by Gasteiger charge is 2.35. The summed E-state index contributed by atoms with van der Waals surface area (Å²) < 4.78 is 7.79. The summed E-state index contributed by atoms with van der Waals surface area (Å²) >= 11 is 12.5. The van der Waals surface area contributed by atoms with Crippen molar-refractivity contribution in [3.63, 3.8) is 0 Å². The van der Waals surface area contributed by atoms with Crippen LogP contribution in [0.4, 0.5) is 0 Å². The number of hydrogen-bond donors (Lipinski definition) is 1. The van der Waals surface area contributed by atoms with Crippen LogP contribution < -0.4 is 5.32 Å². The highest BCUT2D eigenvalue weighted by atomic mass is 35.5. The fourth-order valence-corrected chi connectivity index (χ4v) is 5.59. The molecule has 0 radical (unpaired) electrons. The molecule has 5 nitrogen and oxygen atoms in total. The van der Waals surface area contributed by atoms with Crippen molar-refractivity contribution in [2.45, 2.75) is 61.7 Å². The monoisotopic (exact) mass is 437 g/mol. The SMILES string of the molecule is O=C(NCC1CCC(Cl)C(Cl)C1)C1CC(Cn2ccnc2)CC(c2ccco2)C1. The van der Waals surface area contributed by atoms with Crippen molar-refractivity contribution in [3.05, 3.63) is 42.9 Å². The molecule has 7 heteroatoms. The molecule has 2 aromatic heterocycles. The van der Waals surface area contributed by atoms with Crippen LogP contribution in [-0.4, -0.2) is 32.8 Å².